The van der Waals surface area contributed by atoms with Gasteiger partial charge in [-0.3, -0.25) is 0 Å². The van der Waals surface area contributed by atoms with Crippen molar-refractivity contribution in [3.63, 3.8) is 0 Å². The predicted octanol–water partition coefficient (Wildman–Crippen LogP) is 4.45. The van der Waals surface area contributed by atoms with Crippen LogP contribution in [-0.4, -0.2) is 11.3 Å². The second-order valence-corrected chi connectivity index (χ2v) is 4.05. The lowest BCUT2D eigenvalue weighted by Gasteiger charge is -2.09. The van der Waals surface area contributed by atoms with Crippen molar-refractivity contribution in [3.05, 3.63) is 47.0 Å². The Morgan fingerprint density at radius 2 is 1.68 bits per heavy atom. The van der Waals surface area contributed by atoms with Crippen LogP contribution in [0.2, 0.25) is 0 Å². The number of aromatic amines is 1. The molecule has 7 heteroatoms. The molecule has 1 N–H and O–H groups in total. The molecule has 0 aliphatic carbocycles. The topological polar surface area (TPSA) is 25.0 Å². The molecule has 0 aliphatic rings. The van der Waals surface area contributed by atoms with Crippen molar-refractivity contribution in [2.24, 2.45) is 0 Å². The zero-order chi connectivity index (χ0) is 14.0. The second-order valence-electron chi connectivity index (χ2n) is 3.64. The summed E-state index contributed by atoms with van der Waals surface area (Å²) >= 11 is 4.67. The van der Waals surface area contributed by atoms with Gasteiger partial charge in [-0.2, -0.15) is 0 Å². The normalized spacial score (nSPS) is 11.4. The summed E-state index contributed by atoms with van der Waals surface area (Å²) in [6, 6.07) is 6.31. The van der Waals surface area contributed by atoms with E-state index in [0.29, 0.717) is 11.1 Å². The van der Waals surface area contributed by atoms with E-state index in [2.05, 4.69) is 21.9 Å². The average molecular weight is 289 g/mol. The molecule has 1 heterocycles. The molecule has 2 nitrogen and oxygen atoms in total. The largest absolute Gasteiger partial charge is 0.573 e. The van der Waals surface area contributed by atoms with Crippen LogP contribution in [0.5, 0.6) is 5.75 Å². The maximum atomic E-state index is 13.3. The van der Waals surface area contributed by atoms with Gasteiger partial charge in [-0.1, -0.05) is 24.4 Å². The van der Waals surface area contributed by atoms with E-state index >= 15 is 0 Å². The number of hydrogen-bond donors (Lipinski definition) is 1. The monoisotopic (exact) mass is 289 g/mol. The minimum atomic E-state index is -4.73. The Bertz CT molecular complexity index is 633. The number of rotatable bonds is 2. The minimum Gasteiger partial charge on any atom is -0.406 e. The number of alkyl halides is 3. The first-order valence-electron chi connectivity index (χ1n) is 5.09. The molecule has 0 saturated carbocycles. The van der Waals surface area contributed by atoms with Gasteiger partial charge >= 0.3 is 6.36 Å². The van der Waals surface area contributed by atoms with E-state index in [9.17, 15) is 17.6 Å². The zero-order valence-corrected chi connectivity index (χ0v) is 10.1. The maximum Gasteiger partial charge on any atom is 0.573 e. The third-order valence-electron chi connectivity index (χ3n) is 2.28. The first-order valence-corrected chi connectivity index (χ1v) is 5.50. The van der Waals surface area contributed by atoms with Gasteiger partial charge in [-0.05, 0) is 23.8 Å². The smallest absolute Gasteiger partial charge is 0.406 e. The molecular formula is C12H7F4NOS. The Labute approximate surface area is 110 Å². The molecule has 1 aromatic carbocycles. The number of ether oxygens (including phenoxy) is 1. The lowest BCUT2D eigenvalue weighted by Crippen LogP contribution is -2.16. The van der Waals surface area contributed by atoms with Crippen molar-refractivity contribution in [2.45, 2.75) is 6.36 Å². The number of pyridine rings is 1. The summed E-state index contributed by atoms with van der Waals surface area (Å²) in [7, 11) is 0. The molecule has 100 valence electrons. The van der Waals surface area contributed by atoms with Gasteiger partial charge in [0.15, 0.2) is 5.82 Å². The van der Waals surface area contributed by atoms with Gasteiger partial charge in [0.05, 0.1) is 0 Å². The summed E-state index contributed by atoms with van der Waals surface area (Å²) in [5.41, 5.74) is 1.02. The number of aromatic nitrogens is 1. The molecule has 0 saturated heterocycles. The van der Waals surface area contributed by atoms with E-state index in [-0.39, 0.29) is 10.4 Å². The van der Waals surface area contributed by atoms with Crippen LogP contribution >= 0.6 is 12.2 Å². The van der Waals surface area contributed by atoms with E-state index < -0.39 is 12.2 Å². The molecule has 0 spiro atoms. The Morgan fingerprint density at radius 3 is 2.21 bits per heavy atom. The molecular weight excluding hydrogens is 282 g/mol. The molecule has 2 rings (SSSR count). The molecule has 0 bridgehead atoms. The second kappa shape index (κ2) is 5.00. The van der Waals surface area contributed by atoms with E-state index in [1.807, 2.05) is 0 Å². The van der Waals surface area contributed by atoms with Crippen LogP contribution < -0.4 is 4.74 Å². The van der Waals surface area contributed by atoms with Gasteiger partial charge in [-0.25, -0.2) is 4.39 Å². The number of hydrogen-bond acceptors (Lipinski definition) is 2. The van der Waals surface area contributed by atoms with E-state index in [4.69, 9.17) is 0 Å². The quantitative estimate of drug-likeness (QED) is 0.652. The zero-order valence-electron chi connectivity index (χ0n) is 9.29. The Hall–Kier alpha value is -1.89. The molecule has 0 atom stereocenters. The van der Waals surface area contributed by atoms with Crippen LogP contribution in [-0.2, 0) is 0 Å². The van der Waals surface area contributed by atoms with Gasteiger partial charge in [0.25, 0.3) is 0 Å². The van der Waals surface area contributed by atoms with E-state index in [0.717, 1.165) is 12.1 Å². The SMILES string of the molecule is Fc1cc(-c2ccc(OC(F)(F)F)cc2)c[nH]c1=S. The summed E-state index contributed by atoms with van der Waals surface area (Å²) in [4.78, 5) is 2.55. The summed E-state index contributed by atoms with van der Waals surface area (Å²) in [5.74, 6) is -0.927. The van der Waals surface area contributed by atoms with Gasteiger partial charge in [-0.15, -0.1) is 13.2 Å². The summed E-state index contributed by atoms with van der Waals surface area (Å²) in [5, 5.41) is 0. The van der Waals surface area contributed by atoms with Crippen LogP contribution in [0, 0.1) is 10.5 Å². The third kappa shape index (κ3) is 3.54. The molecule has 0 fully saturated rings. The summed E-state index contributed by atoms with van der Waals surface area (Å²) in [6.45, 7) is 0. The first-order chi connectivity index (χ1) is 8.85. The average Bonchev–Trinajstić information content (AvgIpc) is 2.32. The van der Waals surface area contributed by atoms with Crippen molar-refractivity contribution in [1.29, 1.82) is 0 Å². The standard InChI is InChI=1S/C12H7F4NOS/c13-10-5-8(6-17-11(10)19)7-1-3-9(4-2-7)18-12(14,15)16/h1-6H,(H,17,19). The van der Waals surface area contributed by atoms with Crippen molar-refractivity contribution in [3.8, 4) is 16.9 Å². The highest BCUT2D eigenvalue weighted by atomic mass is 32.1. The third-order valence-corrected chi connectivity index (χ3v) is 2.59. The van der Waals surface area contributed by atoms with E-state index in [1.165, 1.54) is 24.4 Å². The molecule has 0 unspecified atom stereocenters. The number of nitrogens with one attached hydrogen (secondary N) is 1. The fourth-order valence-electron chi connectivity index (χ4n) is 1.47. The Balaban J connectivity index is 2.27. The van der Waals surface area contributed by atoms with Gasteiger partial charge < -0.3 is 9.72 Å². The Morgan fingerprint density at radius 1 is 1.05 bits per heavy atom. The number of halogens is 4. The molecule has 0 radical (unpaired) electrons. The number of H-pyrrole nitrogens is 1. The highest BCUT2D eigenvalue weighted by Gasteiger charge is 2.30. The van der Waals surface area contributed by atoms with E-state index in [1.54, 1.807) is 0 Å². The van der Waals surface area contributed by atoms with Crippen LogP contribution in [0.15, 0.2) is 36.5 Å². The Kier molecular flexibility index (Phi) is 3.57. The predicted molar refractivity (Wildman–Crippen MR) is 63.7 cm³/mol. The molecule has 2 aromatic rings. The van der Waals surface area contributed by atoms with Crippen LogP contribution in [0.3, 0.4) is 0 Å². The molecule has 1 aromatic heterocycles. The maximum absolute atomic E-state index is 13.3. The van der Waals surface area contributed by atoms with Crippen molar-refractivity contribution >= 4 is 12.2 Å². The molecule has 0 aliphatic heterocycles. The fourth-order valence-corrected chi connectivity index (χ4v) is 1.59. The first kappa shape index (κ1) is 13.5. The van der Waals surface area contributed by atoms with Crippen molar-refractivity contribution in [1.82, 2.24) is 4.98 Å². The van der Waals surface area contributed by atoms with Crippen LogP contribution in [0.4, 0.5) is 17.6 Å². The summed E-state index contributed by atoms with van der Waals surface area (Å²) < 4.78 is 52.9. The van der Waals surface area contributed by atoms with Crippen molar-refractivity contribution < 1.29 is 22.3 Å². The lowest BCUT2D eigenvalue weighted by atomic mass is 10.1. The minimum absolute atomic E-state index is 0.0271. The number of benzene rings is 1. The van der Waals surface area contributed by atoms with Gasteiger partial charge in [0.1, 0.15) is 10.4 Å². The fraction of sp³-hybridized carbons (Fsp3) is 0.0833. The van der Waals surface area contributed by atoms with Gasteiger partial charge in [0, 0.05) is 11.8 Å². The molecule has 0 amide bonds. The van der Waals surface area contributed by atoms with Gasteiger partial charge in [0.2, 0.25) is 0 Å². The van der Waals surface area contributed by atoms with Crippen LogP contribution in [0.1, 0.15) is 0 Å². The lowest BCUT2D eigenvalue weighted by molar-refractivity contribution is -0.274. The highest BCUT2D eigenvalue weighted by molar-refractivity contribution is 7.71. The van der Waals surface area contributed by atoms with Crippen LogP contribution in [0.25, 0.3) is 11.1 Å². The highest BCUT2D eigenvalue weighted by Crippen LogP contribution is 2.26. The van der Waals surface area contributed by atoms with Crippen molar-refractivity contribution in [2.75, 3.05) is 0 Å². The summed E-state index contributed by atoms with van der Waals surface area (Å²) in [6.07, 6.45) is -3.25. The molecule has 19 heavy (non-hydrogen) atoms.